The molecule has 0 saturated carbocycles. The monoisotopic (exact) mass is 290 g/mol. The predicted molar refractivity (Wildman–Crippen MR) is 76.5 cm³/mol. The molecule has 0 heterocycles. The Morgan fingerprint density at radius 2 is 1.86 bits per heavy atom. The van der Waals surface area contributed by atoms with Crippen LogP contribution in [0.5, 0.6) is 0 Å². The van der Waals surface area contributed by atoms with E-state index in [0.29, 0.717) is 17.3 Å². The molecule has 0 unspecified atom stereocenters. The number of benzene rings is 2. The smallest absolute Gasteiger partial charge is 0.323 e. The third-order valence-corrected chi connectivity index (χ3v) is 2.61. The SMILES string of the molecule is N=C(N)c1cccc(NC(=O)Nc2ccc(F)cc2F)c1. The van der Waals surface area contributed by atoms with Gasteiger partial charge in [0.25, 0.3) is 0 Å². The Hall–Kier alpha value is -2.96. The molecule has 2 amide bonds. The van der Waals surface area contributed by atoms with Crippen molar-refractivity contribution in [2.75, 3.05) is 10.6 Å². The standard InChI is InChI=1S/C14H12F2N4O/c15-9-4-5-12(11(16)7-9)20-14(21)19-10-3-1-2-8(6-10)13(17)18/h1-7H,(H3,17,18)(H2,19,20,21). The third kappa shape index (κ3) is 3.75. The molecule has 0 aliphatic heterocycles. The van der Waals surface area contributed by atoms with E-state index in [0.717, 1.165) is 12.1 Å². The highest BCUT2D eigenvalue weighted by Gasteiger charge is 2.08. The van der Waals surface area contributed by atoms with Gasteiger partial charge in [0, 0.05) is 17.3 Å². The number of rotatable bonds is 3. The fourth-order valence-electron chi connectivity index (χ4n) is 1.64. The number of nitrogen functional groups attached to an aromatic ring is 1. The van der Waals surface area contributed by atoms with Crippen LogP contribution < -0.4 is 16.4 Å². The average molecular weight is 290 g/mol. The number of anilines is 2. The Kier molecular flexibility index (Phi) is 4.13. The van der Waals surface area contributed by atoms with Crippen LogP contribution in [0.25, 0.3) is 0 Å². The van der Waals surface area contributed by atoms with Crippen LogP contribution in [0, 0.1) is 17.0 Å². The molecule has 0 aliphatic rings. The highest BCUT2D eigenvalue weighted by molar-refractivity contribution is 6.01. The average Bonchev–Trinajstić information content (AvgIpc) is 2.42. The van der Waals surface area contributed by atoms with Gasteiger partial charge in [-0.3, -0.25) is 5.41 Å². The molecular formula is C14H12F2N4O. The maximum Gasteiger partial charge on any atom is 0.323 e. The molecule has 2 rings (SSSR count). The zero-order valence-electron chi connectivity index (χ0n) is 10.8. The van der Waals surface area contributed by atoms with Crippen molar-refractivity contribution in [3.8, 4) is 0 Å². The van der Waals surface area contributed by atoms with Crippen LogP contribution in [0.1, 0.15) is 5.56 Å². The number of amidine groups is 1. The summed E-state index contributed by atoms with van der Waals surface area (Å²) >= 11 is 0. The zero-order valence-corrected chi connectivity index (χ0v) is 10.8. The quantitative estimate of drug-likeness (QED) is 0.517. The number of nitrogens with one attached hydrogen (secondary N) is 3. The van der Waals surface area contributed by atoms with E-state index >= 15 is 0 Å². The molecule has 0 fully saturated rings. The maximum absolute atomic E-state index is 13.4. The highest BCUT2D eigenvalue weighted by atomic mass is 19.1. The fourth-order valence-corrected chi connectivity index (χ4v) is 1.64. The van der Waals surface area contributed by atoms with E-state index in [2.05, 4.69) is 10.6 Å². The second kappa shape index (κ2) is 6.00. The number of hydrogen-bond acceptors (Lipinski definition) is 2. The van der Waals surface area contributed by atoms with Crippen LogP contribution in [0.4, 0.5) is 25.0 Å². The summed E-state index contributed by atoms with van der Waals surface area (Å²) in [4.78, 5) is 11.7. The van der Waals surface area contributed by atoms with Crippen LogP contribution in [0.15, 0.2) is 42.5 Å². The van der Waals surface area contributed by atoms with Crippen molar-refractivity contribution in [2.45, 2.75) is 0 Å². The Balaban J connectivity index is 2.08. The molecule has 108 valence electrons. The van der Waals surface area contributed by atoms with Crippen molar-refractivity contribution in [1.29, 1.82) is 5.41 Å². The number of carbonyl (C=O) groups is 1. The van der Waals surface area contributed by atoms with Gasteiger partial charge in [0.2, 0.25) is 0 Å². The molecule has 0 aliphatic carbocycles. The second-order valence-corrected chi connectivity index (χ2v) is 4.20. The molecule has 21 heavy (non-hydrogen) atoms. The first-order chi connectivity index (χ1) is 9.95. The van der Waals surface area contributed by atoms with Gasteiger partial charge in [-0.15, -0.1) is 0 Å². The molecule has 5 N–H and O–H groups in total. The van der Waals surface area contributed by atoms with Gasteiger partial charge in [-0.25, -0.2) is 13.6 Å². The number of urea groups is 1. The van der Waals surface area contributed by atoms with Gasteiger partial charge in [-0.2, -0.15) is 0 Å². The Morgan fingerprint density at radius 3 is 2.52 bits per heavy atom. The van der Waals surface area contributed by atoms with Gasteiger partial charge in [-0.05, 0) is 24.3 Å². The van der Waals surface area contributed by atoms with Crippen LogP contribution in [0.3, 0.4) is 0 Å². The summed E-state index contributed by atoms with van der Waals surface area (Å²) in [5.74, 6) is -1.74. The molecule has 0 radical (unpaired) electrons. The van der Waals surface area contributed by atoms with Gasteiger partial charge in [0.15, 0.2) is 0 Å². The lowest BCUT2D eigenvalue weighted by Gasteiger charge is -2.09. The van der Waals surface area contributed by atoms with Gasteiger partial charge in [-0.1, -0.05) is 12.1 Å². The number of nitrogens with two attached hydrogens (primary N) is 1. The van der Waals surface area contributed by atoms with E-state index < -0.39 is 17.7 Å². The molecule has 2 aromatic rings. The minimum Gasteiger partial charge on any atom is -0.384 e. The van der Waals surface area contributed by atoms with Crippen molar-refractivity contribution >= 4 is 23.2 Å². The zero-order chi connectivity index (χ0) is 15.4. The molecular weight excluding hydrogens is 278 g/mol. The number of hydrogen-bond donors (Lipinski definition) is 4. The maximum atomic E-state index is 13.4. The molecule has 0 spiro atoms. The summed E-state index contributed by atoms with van der Waals surface area (Å²) in [6.07, 6.45) is 0. The topological polar surface area (TPSA) is 91.0 Å². The molecule has 5 nitrogen and oxygen atoms in total. The lowest BCUT2D eigenvalue weighted by atomic mass is 10.2. The summed E-state index contributed by atoms with van der Waals surface area (Å²) in [5.41, 5.74) is 6.04. The van der Waals surface area contributed by atoms with Gasteiger partial charge in [0.05, 0.1) is 5.69 Å². The van der Waals surface area contributed by atoms with Crippen LogP contribution in [-0.2, 0) is 0 Å². The van der Waals surface area contributed by atoms with Gasteiger partial charge >= 0.3 is 6.03 Å². The second-order valence-electron chi connectivity index (χ2n) is 4.20. The van der Waals surface area contributed by atoms with Crippen LogP contribution in [-0.4, -0.2) is 11.9 Å². The van der Waals surface area contributed by atoms with Crippen LogP contribution >= 0.6 is 0 Å². The minimum absolute atomic E-state index is 0.136. The van der Waals surface area contributed by atoms with Crippen molar-refractivity contribution < 1.29 is 13.6 Å². The summed E-state index contributed by atoms with van der Waals surface area (Å²) in [6, 6.07) is 8.46. The van der Waals surface area contributed by atoms with Gasteiger partial charge in [0.1, 0.15) is 17.5 Å². The van der Waals surface area contributed by atoms with E-state index in [1.165, 1.54) is 6.07 Å². The molecule has 0 aromatic heterocycles. The van der Waals surface area contributed by atoms with E-state index in [1.807, 2.05) is 0 Å². The normalized spacial score (nSPS) is 10.0. The highest BCUT2D eigenvalue weighted by Crippen LogP contribution is 2.16. The summed E-state index contributed by atoms with van der Waals surface area (Å²) in [5, 5.41) is 12.0. The molecule has 2 aromatic carbocycles. The largest absolute Gasteiger partial charge is 0.384 e. The van der Waals surface area contributed by atoms with E-state index in [9.17, 15) is 13.6 Å². The van der Waals surface area contributed by atoms with E-state index in [-0.39, 0.29) is 11.5 Å². The molecule has 0 atom stereocenters. The summed E-state index contributed by atoms with van der Waals surface area (Å²) in [6.45, 7) is 0. The van der Waals surface area contributed by atoms with E-state index in [4.69, 9.17) is 11.1 Å². The number of carbonyl (C=O) groups excluding carboxylic acids is 1. The Bertz CT molecular complexity index is 703. The number of halogens is 2. The number of amides is 2. The summed E-state index contributed by atoms with van der Waals surface area (Å²) < 4.78 is 26.1. The predicted octanol–water partition coefficient (Wildman–Crippen LogP) is 2.89. The van der Waals surface area contributed by atoms with Crippen molar-refractivity contribution in [2.24, 2.45) is 5.73 Å². The first-order valence-electron chi connectivity index (χ1n) is 5.93. The minimum atomic E-state index is -0.873. The van der Waals surface area contributed by atoms with Crippen LogP contribution in [0.2, 0.25) is 0 Å². The molecule has 7 heteroatoms. The molecule has 0 bridgehead atoms. The lowest BCUT2D eigenvalue weighted by molar-refractivity contribution is 0.262. The van der Waals surface area contributed by atoms with Crippen molar-refractivity contribution in [3.63, 3.8) is 0 Å². The first-order valence-corrected chi connectivity index (χ1v) is 5.93. The Morgan fingerprint density at radius 1 is 1.10 bits per heavy atom. The van der Waals surface area contributed by atoms with Crippen molar-refractivity contribution in [3.05, 3.63) is 59.7 Å². The van der Waals surface area contributed by atoms with E-state index in [1.54, 1.807) is 18.2 Å². The fraction of sp³-hybridized carbons (Fsp3) is 0. The lowest BCUT2D eigenvalue weighted by Crippen LogP contribution is -2.20. The first kappa shape index (κ1) is 14.4. The van der Waals surface area contributed by atoms with Crippen molar-refractivity contribution in [1.82, 2.24) is 0 Å². The third-order valence-electron chi connectivity index (χ3n) is 2.61. The van der Waals surface area contributed by atoms with Gasteiger partial charge < -0.3 is 16.4 Å². The summed E-state index contributed by atoms with van der Waals surface area (Å²) in [7, 11) is 0. The Labute approximate surface area is 119 Å². The molecule has 0 saturated heterocycles.